The topological polar surface area (TPSA) is 26.3 Å². The molecule has 0 heterocycles. The molecule has 0 aromatic heterocycles. The van der Waals surface area contributed by atoms with Crippen molar-refractivity contribution in [3.05, 3.63) is 71.8 Å². The molecule has 2 nitrogen and oxygen atoms in total. The molecule has 0 aliphatic carbocycles. The summed E-state index contributed by atoms with van der Waals surface area (Å²) in [4.78, 5) is 11.8. The lowest BCUT2D eigenvalue weighted by Gasteiger charge is -2.11. The lowest BCUT2D eigenvalue weighted by molar-refractivity contribution is -0.144. The van der Waals surface area contributed by atoms with Gasteiger partial charge in [-0.2, -0.15) is 12.6 Å². The molecular formula is C15H14O2S. The van der Waals surface area contributed by atoms with Crippen molar-refractivity contribution in [3.63, 3.8) is 0 Å². The summed E-state index contributed by atoms with van der Waals surface area (Å²) in [7, 11) is 0. The summed E-state index contributed by atoms with van der Waals surface area (Å²) in [6.45, 7) is 0.281. The molecule has 0 bridgehead atoms. The monoisotopic (exact) mass is 258 g/mol. The first kappa shape index (κ1) is 12.7. The minimum absolute atomic E-state index is 0.281. The number of esters is 1. The molecule has 18 heavy (non-hydrogen) atoms. The first-order chi connectivity index (χ1) is 8.77. The lowest BCUT2D eigenvalue weighted by atomic mass is 10.1. The van der Waals surface area contributed by atoms with E-state index in [0.717, 1.165) is 11.1 Å². The Hall–Kier alpha value is -1.74. The number of ether oxygens (including phenoxy) is 1. The molecule has 0 N–H and O–H groups in total. The van der Waals surface area contributed by atoms with E-state index in [1.54, 1.807) is 0 Å². The normalized spacial score (nSPS) is 11.8. The van der Waals surface area contributed by atoms with Crippen molar-refractivity contribution in [2.45, 2.75) is 11.9 Å². The van der Waals surface area contributed by atoms with Crippen LogP contribution in [-0.2, 0) is 16.1 Å². The third kappa shape index (κ3) is 3.37. The van der Waals surface area contributed by atoms with E-state index in [-0.39, 0.29) is 12.6 Å². The molecule has 2 aromatic rings. The van der Waals surface area contributed by atoms with Gasteiger partial charge < -0.3 is 4.74 Å². The maximum absolute atomic E-state index is 11.8. The Morgan fingerprint density at radius 2 is 1.56 bits per heavy atom. The molecule has 3 heteroatoms. The highest BCUT2D eigenvalue weighted by Gasteiger charge is 2.17. The van der Waals surface area contributed by atoms with E-state index in [9.17, 15) is 4.79 Å². The van der Waals surface area contributed by atoms with Crippen LogP contribution in [0.4, 0.5) is 0 Å². The van der Waals surface area contributed by atoms with E-state index in [0.29, 0.717) is 0 Å². The fourth-order valence-electron chi connectivity index (χ4n) is 1.58. The average molecular weight is 258 g/mol. The maximum atomic E-state index is 11.8. The number of hydrogen-bond donors (Lipinski definition) is 1. The van der Waals surface area contributed by atoms with E-state index >= 15 is 0 Å². The second-order valence-electron chi connectivity index (χ2n) is 3.91. The zero-order valence-electron chi connectivity index (χ0n) is 9.82. The summed E-state index contributed by atoms with van der Waals surface area (Å²) in [6, 6.07) is 19.0. The third-order valence-electron chi connectivity index (χ3n) is 2.56. The van der Waals surface area contributed by atoms with E-state index in [1.165, 1.54) is 0 Å². The number of rotatable bonds is 4. The Kier molecular flexibility index (Phi) is 4.42. The third-order valence-corrected chi connectivity index (χ3v) is 3.07. The highest BCUT2D eigenvalue weighted by molar-refractivity contribution is 7.81. The van der Waals surface area contributed by atoms with Crippen LogP contribution in [0.1, 0.15) is 16.4 Å². The number of benzene rings is 2. The molecule has 0 aliphatic rings. The van der Waals surface area contributed by atoms with Gasteiger partial charge in [0.1, 0.15) is 11.9 Å². The summed E-state index contributed by atoms with van der Waals surface area (Å²) in [5.74, 6) is -0.326. The van der Waals surface area contributed by atoms with Crippen molar-refractivity contribution in [3.8, 4) is 0 Å². The van der Waals surface area contributed by atoms with Gasteiger partial charge in [0, 0.05) is 0 Å². The van der Waals surface area contributed by atoms with Crippen molar-refractivity contribution >= 4 is 18.6 Å². The van der Waals surface area contributed by atoms with E-state index in [2.05, 4.69) is 12.6 Å². The smallest absolute Gasteiger partial charge is 0.323 e. The molecule has 0 radical (unpaired) electrons. The predicted octanol–water partition coefficient (Wildman–Crippen LogP) is 3.40. The summed E-state index contributed by atoms with van der Waals surface area (Å²) >= 11 is 4.29. The molecule has 0 saturated heterocycles. The standard InChI is InChI=1S/C15H14O2S/c16-15(14(18)13-9-5-2-6-10-13)17-11-12-7-3-1-4-8-12/h1-10,14,18H,11H2. The SMILES string of the molecule is O=C(OCc1ccccc1)C(S)c1ccccc1. The summed E-state index contributed by atoms with van der Waals surface area (Å²) < 4.78 is 5.23. The van der Waals surface area contributed by atoms with Crippen molar-refractivity contribution in [1.82, 2.24) is 0 Å². The molecule has 0 amide bonds. The maximum Gasteiger partial charge on any atom is 0.323 e. The zero-order chi connectivity index (χ0) is 12.8. The average Bonchev–Trinajstić information content (AvgIpc) is 2.46. The summed E-state index contributed by atoms with van der Waals surface area (Å²) in [5, 5.41) is -0.532. The number of thiol groups is 1. The van der Waals surface area contributed by atoms with Crippen LogP contribution in [0, 0.1) is 0 Å². The molecule has 2 aromatic carbocycles. The van der Waals surface area contributed by atoms with Gasteiger partial charge in [0.25, 0.3) is 0 Å². The molecular weight excluding hydrogens is 244 g/mol. The number of carbonyl (C=O) groups excluding carboxylic acids is 1. The second kappa shape index (κ2) is 6.26. The summed E-state index contributed by atoms with van der Waals surface area (Å²) in [5.41, 5.74) is 1.82. The first-order valence-electron chi connectivity index (χ1n) is 5.71. The van der Waals surface area contributed by atoms with Crippen LogP contribution in [0.3, 0.4) is 0 Å². The van der Waals surface area contributed by atoms with Gasteiger partial charge in [0.15, 0.2) is 0 Å². The van der Waals surface area contributed by atoms with Crippen LogP contribution in [0.5, 0.6) is 0 Å². The zero-order valence-corrected chi connectivity index (χ0v) is 10.7. The van der Waals surface area contributed by atoms with E-state index in [1.807, 2.05) is 60.7 Å². The van der Waals surface area contributed by atoms with Crippen LogP contribution < -0.4 is 0 Å². The van der Waals surface area contributed by atoms with Crippen molar-refractivity contribution in [2.75, 3.05) is 0 Å². The predicted molar refractivity (Wildman–Crippen MR) is 74.4 cm³/mol. The molecule has 1 unspecified atom stereocenters. The van der Waals surface area contributed by atoms with Crippen LogP contribution in [0.25, 0.3) is 0 Å². The van der Waals surface area contributed by atoms with Gasteiger partial charge in [-0.15, -0.1) is 0 Å². The minimum atomic E-state index is -0.532. The highest BCUT2D eigenvalue weighted by Crippen LogP contribution is 2.21. The van der Waals surface area contributed by atoms with Gasteiger partial charge in [-0.1, -0.05) is 60.7 Å². The fourth-order valence-corrected chi connectivity index (χ4v) is 1.83. The largest absolute Gasteiger partial charge is 0.460 e. The van der Waals surface area contributed by atoms with E-state index in [4.69, 9.17) is 4.74 Å². The Bertz CT molecular complexity index is 496. The van der Waals surface area contributed by atoms with Gasteiger partial charge in [0.2, 0.25) is 0 Å². The van der Waals surface area contributed by atoms with E-state index < -0.39 is 5.25 Å². The minimum Gasteiger partial charge on any atom is -0.460 e. The number of carbonyl (C=O) groups is 1. The van der Waals surface area contributed by atoms with Gasteiger partial charge in [-0.3, -0.25) is 4.79 Å². The van der Waals surface area contributed by atoms with Crippen LogP contribution in [-0.4, -0.2) is 5.97 Å². The first-order valence-corrected chi connectivity index (χ1v) is 6.22. The Balaban J connectivity index is 1.93. The van der Waals surface area contributed by atoms with Crippen LogP contribution in [0.15, 0.2) is 60.7 Å². The van der Waals surface area contributed by atoms with Gasteiger partial charge in [-0.25, -0.2) is 0 Å². The molecule has 2 rings (SSSR count). The van der Waals surface area contributed by atoms with Gasteiger partial charge >= 0.3 is 5.97 Å². The van der Waals surface area contributed by atoms with Crippen molar-refractivity contribution in [1.29, 1.82) is 0 Å². The molecule has 92 valence electrons. The molecule has 0 fully saturated rings. The molecule has 1 atom stereocenters. The molecule has 0 saturated carbocycles. The van der Waals surface area contributed by atoms with Crippen LogP contribution in [0.2, 0.25) is 0 Å². The van der Waals surface area contributed by atoms with Crippen LogP contribution >= 0.6 is 12.6 Å². The molecule has 0 spiro atoms. The lowest BCUT2D eigenvalue weighted by Crippen LogP contribution is -2.11. The Morgan fingerprint density at radius 3 is 2.17 bits per heavy atom. The highest BCUT2D eigenvalue weighted by atomic mass is 32.1. The van der Waals surface area contributed by atoms with Gasteiger partial charge in [-0.05, 0) is 11.1 Å². The van der Waals surface area contributed by atoms with Crippen molar-refractivity contribution < 1.29 is 9.53 Å². The fraction of sp³-hybridized carbons (Fsp3) is 0.133. The Morgan fingerprint density at radius 1 is 1.00 bits per heavy atom. The quantitative estimate of drug-likeness (QED) is 0.672. The van der Waals surface area contributed by atoms with Crippen molar-refractivity contribution in [2.24, 2.45) is 0 Å². The second-order valence-corrected chi connectivity index (χ2v) is 4.42. The summed E-state index contributed by atoms with van der Waals surface area (Å²) in [6.07, 6.45) is 0. The Labute approximate surface area is 112 Å². The number of hydrogen-bond acceptors (Lipinski definition) is 3. The van der Waals surface area contributed by atoms with Gasteiger partial charge in [0.05, 0.1) is 0 Å². The molecule has 0 aliphatic heterocycles.